The topological polar surface area (TPSA) is 78.1 Å². The average Bonchev–Trinajstić information content (AvgIpc) is 3.13. The maximum Gasteiger partial charge on any atom is 0.242 e. The number of anilines is 1. The predicted molar refractivity (Wildman–Crippen MR) is 94.9 cm³/mol. The minimum Gasteiger partial charge on any atom is -0.486 e. The summed E-state index contributed by atoms with van der Waals surface area (Å²) in [4.78, 5) is 12.4. The van der Waals surface area contributed by atoms with Crippen LogP contribution in [-0.2, 0) is 11.3 Å². The SMILES string of the molecule is C[C@@H](Nc1ccc2c(c1)OCCO2)C(=O)NCc1ccc2c(c1)OCO2. The van der Waals surface area contributed by atoms with Crippen LogP contribution in [0.3, 0.4) is 0 Å². The first kappa shape index (κ1) is 16.4. The molecule has 0 unspecified atom stereocenters. The molecule has 7 nitrogen and oxygen atoms in total. The van der Waals surface area contributed by atoms with E-state index in [-0.39, 0.29) is 12.7 Å². The molecule has 0 saturated heterocycles. The molecule has 0 aliphatic carbocycles. The Morgan fingerprint density at radius 1 is 0.962 bits per heavy atom. The summed E-state index contributed by atoms with van der Waals surface area (Å²) < 4.78 is 21.7. The fraction of sp³-hybridized carbons (Fsp3) is 0.316. The molecule has 2 aromatic carbocycles. The summed E-state index contributed by atoms with van der Waals surface area (Å²) in [6.07, 6.45) is 0. The molecule has 2 aliphatic rings. The number of fused-ring (bicyclic) bond motifs is 2. The molecule has 136 valence electrons. The molecule has 2 aromatic rings. The second-order valence-electron chi connectivity index (χ2n) is 6.13. The summed E-state index contributed by atoms with van der Waals surface area (Å²) in [5.41, 5.74) is 1.76. The maximum atomic E-state index is 12.4. The van der Waals surface area contributed by atoms with Gasteiger partial charge in [0.15, 0.2) is 23.0 Å². The van der Waals surface area contributed by atoms with Gasteiger partial charge < -0.3 is 29.6 Å². The van der Waals surface area contributed by atoms with Crippen LogP contribution in [0.4, 0.5) is 5.69 Å². The zero-order chi connectivity index (χ0) is 17.9. The third-order valence-corrected chi connectivity index (χ3v) is 4.22. The molecule has 1 atom stereocenters. The van der Waals surface area contributed by atoms with Crippen LogP contribution in [0.15, 0.2) is 36.4 Å². The van der Waals surface area contributed by atoms with E-state index in [0.717, 1.165) is 22.7 Å². The number of nitrogens with one attached hydrogen (secondary N) is 2. The lowest BCUT2D eigenvalue weighted by atomic mass is 10.2. The largest absolute Gasteiger partial charge is 0.486 e. The van der Waals surface area contributed by atoms with Gasteiger partial charge in [0.05, 0.1) is 0 Å². The lowest BCUT2D eigenvalue weighted by Gasteiger charge is -2.20. The number of ether oxygens (including phenoxy) is 4. The van der Waals surface area contributed by atoms with Crippen LogP contribution in [0.1, 0.15) is 12.5 Å². The Balaban J connectivity index is 1.33. The van der Waals surface area contributed by atoms with Crippen molar-refractivity contribution in [2.75, 3.05) is 25.3 Å². The molecule has 0 spiro atoms. The number of hydrogen-bond donors (Lipinski definition) is 2. The van der Waals surface area contributed by atoms with E-state index in [1.54, 1.807) is 0 Å². The maximum absolute atomic E-state index is 12.4. The third kappa shape index (κ3) is 3.46. The molecule has 2 N–H and O–H groups in total. The van der Waals surface area contributed by atoms with Crippen molar-refractivity contribution in [2.24, 2.45) is 0 Å². The molecular formula is C19H20N2O5. The molecule has 2 heterocycles. The van der Waals surface area contributed by atoms with Crippen LogP contribution < -0.4 is 29.6 Å². The van der Waals surface area contributed by atoms with Gasteiger partial charge in [0.25, 0.3) is 0 Å². The van der Waals surface area contributed by atoms with Crippen LogP contribution >= 0.6 is 0 Å². The van der Waals surface area contributed by atoms with Crippen LogP contribution in [0.2, 0.25) is 0 Å². The van der Waals surface area contributed by atoms with Crippen molar-refractivity contribution < 1.29 is 23.7 Å². The van der Waals surface area contributed by atoms with E-state index in [0.29, 0.717) is 31.3 Å². The number of rotatable bonds is 5. The van der Waals surface area contributed by atoms with Gasteiger partial charge in [-0.25, -0.2) is 0 Å². The number of hydrogen-bond acceptors (Lipinski definition) is 6. The normalized spacial score (nSPS) is 15.3. The second kappa shape index (κ2) is 7.03. The molecule has 0 fully saturated rings. The molecule has 4 rings (SSSR count). The summed E-state index contributed by atoms with van der Waals surface area (Å²) >= 11 is 0. The molecule has 0 bridgehead atoms. The molecule has 1 amide bonds. The van der Waals surface area contributed by atoms with Crippen LogP contribution in [0.5, 0.6) is 23.0 Å². The molecule has 26 heavy (non-hydrogen) atoms. The standard InChI is InChI=1S/C19H20N2O5/c1-12(21-14-3-5-15-18(9-14)24-7-6-23-15)19(22)20-10-13-2-4-16-17(8-13)26-11-25-16/h2-5,8-9,12,21H,6-7,10-11H2,1H3,(H,20,22)/t12-/m1/s1. The van der Waals surface area contributed by atoms with Crippen LogP contribution in [0, 0.1) is 0 Å². The van der Waals surface area contributed by atoms with Crippen molar-refractivity contribution in [1.29, 1.82) is 0 Å². The van der Waals surface area contributed by atoms with Crippen molar-refractivity contribution in [3.63, 3.8) is 0 Å². The van der Waals surface area contributed by atoms with E-state index >= 15 is 0 Å². The Morgan fingerprint density at radius 3 is 2.54 bits per heavy atom. The average molecular weight is 356 g/mol. The van der Waals surface area contributed by atoms with Gasteiger partial charge in [0.1, 0.15) is 19.3 Å². The number of benzene rings is 2. The first-order chi connectivity index (χ1) is 12.7. The van der Waals surface area contributed by atoms with Gasteiger partial charge in [-0.1, -0.05) is 6.07 Å². The first-order valence-corrected chi connectivity index (χ1v) is 8.51. The zero-order valence-corrected chi connectivity index (χ0v) is 14.4. The fourth-order valence-electron chi connectivity index (χ4n) is 2.84. The van der Waals surface area contributed by atoms with E-state index in [2.05, 4.69) is 10.6 Å². The summed E-state index contributed by atoms with van der Waals surface area (Å²) in [5, 5.41) is 6.10. The Hall–Kier alpha value is -3.09. The van der Waals surface area contributed by atoms with Crippen molar-refractivity contribution in [3.8, 4) is 23.0 Å². The highest BCUT2D eigenvalue weighted by Gasteiger charge is 2.17. The van der Waals surface area contributed by atoms with Gasteiger partial charge in [-0.3, -0.25) is 4.79 Å². The number of carbonyl (C=O) groups is 1. The summed E-state index contributed by atoms with van der Waals surface area (Å²) in [6.45, 7) is 3.55. The molecule has 2 aliphatic heterocycles. The van der Waals surface area contributed by atoms with E-state index in [1.165, 1.54) is 0 Å². The molecule has 0 radical (unpaired) electrons. The first-order valence-electron chi connectivity index (χ1n) is 8.51. The van der Waals surface area contributed by atoms with E-state index in [4.69, 9.17) is 18.9 Å². The molecule has 7 heteroatoms. The van der Waals surface area contributed by atoms with E-state index < -0.39 is 6.04 Å². The van der Waals surface area contributed by atoms with Crippen molar-refractivity contribution >= 4 is 11.6 Å². The monoisotopic (exact) mass is 356 g/mol. The van der Waals surface area contributed by atoms with E-state index in [9.17, 15) is 4.79 Å². The van der Waals surface area contributed by atoms with E-state index in [1.807, 2.05) is 43.3 Å². The smallest absolute Gasteiger partial charge is 0.242 e. The Morgan fingerprint density at radius 2 is 1.65 bits per heavy atom. The summed E-state index contributed by atoms with van der Waals surface area (Å²) in [5.74, 6) is 2.75. The lowest BCUT2D eigenvalue weighted by molar-refractivity contribution is -0.121. The minimum atomic E-state index is -0.397. The van der Waals surface area contributed by atoms with Crippen molar-refractivity contribution in [2.45, 2.75) is 19.5 Å². The Bertz CT molecular complexity index is 824. The van der Waals surface area contributed by atoms with Crippen LogP contribution in [0.25, 0.3) is 0 Å². The highest BCUT2D eigenvalue weighted by atomic mass is 16.7. The molecule has 0 saturated carbocycles. The molecule has 0 aromatic heterocycles. The zero-order valence-electron chi connectivity index (χ0n) is 14.4. The Labute approximate surface area is 151 Å². The van der Waals surface area contributed by atoms with Gasteiger partial charge in [0.2, 0.25) is 12.7 Å². The van der Waals surface area contributed by atoms with Gasteiger partial charge in [-0.2, -0.15) is 0 Å². The van der Waals surface area contributed by atoms with Gasteiger partial charge in [-0.05, 0) is 36.8 Å². The highest BCUT2D eigenvalue weighted by molar-refractivity contribution is 5.84. The minimum absolute atomic E-state index is 0.0995. The quantitative estimate of drug-likeness (QED) is 0.856. The highest BCUT2D eigenvalue weighted by Crippen LogP contribution is 2.33. The van der Waals surface area contributed by atoms with Crippen LogP contribution in [-0.4, -0.2) is 32.0 Å². The van der Waals surface area contributed by atoms with Crippen molar-refractivity contribution in [3.05, 3.63) is 42.0 Å². The van der Waals surface area contributed by atoms with Gasteiger partial charge in [-0.15, -0.1) is 0 Å². The molecular weight excluding hydrogens is 336 g/mol. The summed E-state index contributed by atoms with van der Waals surface area (Å²) in [7, 11) is 0. The fourth-order valence-corrected chi connectivity index (χ4v) is 2.84. The van der Waals surface area contributed by atoms with Crippen molar-refractivity contribution in [1.82, 2.24) is 5.32 Å². The summed E-state index contributed by atoms with van der Waals surface area (Å²) in [6, 6.07) is 10.8. The lowest BCUT2D eigenvalue weighted by Crippen LogP contribution is -2.37. The second-order valence-corrected chi connectivity index (χ2v) is 6.13. The number of amides is 1. The third-order valence-electron chi connectivity index (χ3n) is 4.22. The predicted octanol–water partition coefficient (Wildman–Crippen LogP) is 2.30. The Kier molecular flexibility index (Phi) is 4.43. The van der Waals surface area contributed by atoms with Gasteiger partial charge in [0, 0.05) is 18.3 Å². The van der Waals surface area contributed by atoms with Gasteiger partial charge >= 0.3 is 0 Å². The number of carbonyl (C=O) groups excluding carboxylic acids is 1.